The number of hydrogen-bond donors (Lipinski definition) is 1. The van der Waals surface area contributed by atoms with Crippen molar-refractivity contribution in [3.8, 4) is 0 Å². The fraction of sp³-hybridized carbons (Fsp3) is 0.526. The molecule has 1 aliphatic rings. The molecule has 2 atom stereocenters. The van der Waals surface area contributed by atoms with Crippen molar-refractivity contribution in [1.82, 2.24) is 10.3 Å². The maximum absolute atomic E-state index is 4.42. The third-order valence-electron chi connectivity index (χ3n) is 4.61. The predicted octanol–water partition coefficient (Wildman–Crippen LogP) is 4.51. The smallest absolute Gasteiger partial charge is 0.0702 e. The quantitative estimate of drug-likeness (QED) is 0.896. The first kappa shape index (κ1) is 14.5. The average Bonchev–Trinajstić information content (AvgIpc) is 2.92. The van der Waals surface area contributed by atoms with Crippen LogP contribution in [0.3, 0.4) is 0 Å². The Morgan fingerprint density at radius 2 is 2.05 bits per heavy atom. The standard InChI is InChI=1S/C19H26N2/c1-19(2,3)21-13-16-6-4-8-17(16)14-9-10-18-15(12-14)7-5-11-20-18/h5,7,9-12,16-17,21H,4,6,8,13H2,1-3H3. The van der Waals surface area contributed by atoms with Crippen molar-refractivity contribution in [1.29, 1.82) is 0 Å². The van der Waals surface area contributed by atoms with Gasteiger partial charge in [0.1, 0.15) is 0 Å². The molecule has 2 aromatic rings. The second kappa shape index (κ2) is 5.76. The molecule has 1 N–H and O–H groups in total. The van der Waals surface area contributed by atoms with Gasteiger partial charge in [-0.2, -0.15) is 0 Å². The predicted molar refractivity (Wildman–Crippen MR) is 89.6 cm³/mol. The van der Waals surface area contributed by atoms with E-state index in [2.05, 4.69) is 55.3 Å². The van der Waals surface area contributed by atoms with Crippen molar-refractivity contribution < 1.29 is 0 Å². The van der Waals surface area contributed by atoms with Crippen LogP contribution in [0.1, 0.15) is 51.5 Å². The van der Waals surface area contributed by atoms with E-state index < -0.39 is 0 Å². The summed E-state index contributed by atoms with van der Waals surface area (Å²) in [5.74, 6) is 1.46. The van der Waals surface area contributed by atoms with Crippen molar-refractivity contribution >= 4 is 10.9 Å². The number of fused-ring (bicyclic) bond motifs is 1. The lowest BCUT2D eigenvalue weighted by Gasteiger charge is -2.27. The maximum atomic E-state index is 4.42. The summed E-state index contributed by atoms with van der Waals surface area (Å²) in [6, 6.07) is 11.0. The van der Waals surface area contributed by atoms with Gasteiger partial charge in [0, 0.05) is 17.1 Å². The van der Waals surface area contributed by atoms with E-state index in [-0.39, 0.29) is 5.54 Å². The van der Waals surface area contributed by atoms with Gasteiger partial charge >= 0.3 is 0 Å². The molecule has 0 radical (unpaired) electrons. The van der Waals surface area contributed by atoms with Gasteiger partial charge in [0.15, 0.2) is 0 Å². The highest BCUT2D eigenvalue weighted by Crippen LogP contribution is 2.40. The Hall–Kier alpha value is -1.41. The lowest BCUT2D eigenvalue weighted by atomic mass is 9.87. The Balaban J connectivity index is 1.79. The molecule has 1 saturated carbocycles. The molecule has 1 fully saturated rings. The summed E-state index contributed by atoms with van der Waals surface area (Å²) in [6.07, 6.45) is 5.89. The van der Waals surface area contributed by atoms with Crippen molar-refractivity contribution in [2.75, 3.05) is 6.54 Å². The lowest BCUT2D eigenvalue weighted by molar-refractivity contribution is 0.356. The second-order valence-corrected chi connectivity index (χ2v) is 7.38. The fourth-order valence-corrected chi connectivity index (χ4v) is 3.48. The van der Waals surface area contributed by atoms with E-state index in [4.69, 9.17) is 0 Å². The number of aromatic nitrogens is 1. The van der Waals surface area contributed by atoms with E-state index in [9.17, 15) is 0 Å². The van der Waals surface area contributed by atoms with E-state index in [1.54, 1.807) is 0 Å². The molecule has 3 rings (SSSR count). The Morgan fingerprint density at radius 3 is 2.86 bits per heavy atom. The zero-order chi connectivity index (χ0) is 14.9. The molecule has 1 heterocycles. The minimum absolute atomic E-state index is 0.209. The zero-order valence-electron chi connectivity index (χ0n) is 13.4. The Kier molecular flexibility index (Phi) is 3.99. The Morgan fingerprint density at radius 1 is 1.19 bits per heavy atom. The summed E-state index contributed by atoms with van der Waals surface area (Å²) >= 11 is 0. The van der Waals surface area contributed by atoms with Crippen molar-refractivity contribution in [3.05, 3.63) is 42.1 Å². The monoisotopic (exact) mass is 282 g/mol. The summed E-state index contributed by atoms with van der Waals surface area (Å²) in [6.45, 7) is 7.87. The number of rotatable bonds is 3. The summed E-state index contributed by atoms with van der Waals surface area (Å²) in [7, 11) is 0. The molecule has 0 spiro atoms. The Labute approximate surface area is 128 Å². The van der Waals surface area contributed by atoms with E-state index in [1.165, 1.54) is 30.2 Å². The largest absolute Gasteiger partial charge is 0.312 e. The topological polar surface area (TPSA) is 24.9 Å². The van der Waals surface area contributed by atoms with E-state index in [0.717, 1.165) is 18.0 Å². The molecule has 2 nitrogen and oxygen atoms in total. The van der Waals surface area contributed by atoms with Crippen LogP contribution in [0.5, 0.6) is 0 Å². The summed E-state index contributed by atoms with van der Waals surface area (Å²) in [5.41, 5.74) is 2.80. The molecule has 1 aromatic carbocycles. The SMILES string of the molecule is CC(C)(C)NCC1CCCC1c1ccc2ncccc2c1. The van der Waals surface area contributed by atoms with E-state index in [1.807, 2.05) is 12.3 Å². The van der Waals surface area contributed by atoms with Crippen LogP contribution in [0.25, 0.3) is 10.9 Å². The van der Waals surface area contributed by atoms with Crippen LogP contribution >= 0.6 is 0 Å². The van der Waals surface area contributed by atoms with E-state index in [0.29, 0.717) is 5.92 Å². The molecule has 0 saturated heterocycles. The van der Waals surface area contributed by atoms with Crippen LogP contribution in [0.15, 0.2) is 36.5 Å². The van der Waals surface area contributed by atoms with Crippen LogP contribution in [0.2, 0.25) is 0 Å². The van der Waals surface area contributed by atoms with Gasteiger partial charge in [-0.15, -0.1) is 0 Å². The molecule has 0 aliphatic heterocycles. The zero-order valence-corrected chi connectivity index (χ0v) is 13.4. The summed E-state index contributed by atoms with van der Waals surface area (Å²) in [5, 5.41) is 4.96. The van der Waals surface area contributed by atoms with Gasteiger partial charge < -0.3 is 5.32 Å². The second-order valence-electron chi connectivity index (χ2n) is 7.38. The van der Waals surface area contributed by atoms with Gasteiger partial charge in [-0.1, -0.05) is 18.6 Å². The van der Waals surface area contributed by atoms with Gasteiger partial charge in [0.2, 0.25) is 0 Å². The van der Waals surface area contributed by atoms with Gasteiger partial charge in [0.05, 0.1) is 5.52 Å². The number of pyridine rings is 1. The molecule has 2 unspecified atom stereocenters. The van der Waals surface area contributed by atoms with Crippen LogP contribution in [0.4, 0.5) is 0 Å². The third kappa shape index (κ3) is 3.44. The molecule has 1 aliphatic carbocycles. The van der Waals surface area contributed by atoms with Gasteiger partial charge in [0.25, 0.3) is 0 Å². The number of nitrogens with one attached hydrogen (secondary N) is 1. The number of hydrogen-bond acceptors (Lipinski definition) is 2. The summed E-state index contributed by atoms with van der Waals surface area (Å²) < 4.78 is 0. The maximum Gasteiger partial charge on any atom is 0.0702 e. The molecular formula is C19H26N2. The first-order valence-corrected chi connectivity index (χ1v) is 8.13. The minimum Gasteiger partial charge on any atom is -0.312 e. The molecule has 112 valence electrons. The van der Waals surface area contributed by atoms with Gasteiger partial charge in [-0.05, 0) is 75.8 Å². The van der Waals surface area contributed by atoms with Crippen molar-refractivity contribution in [3.63, 3.8) is 0 Å². The highest BCUT2D eigenvalue weighted by molar-refractivity contribution is 5.79. The molecular weight excluding hydrogens is 256 g/mol. The first-order chi connectivity index (χ1) is 10.0. The molecule has 21 heavy (non-hydrogen) atoms. The number of nitrogens with zero attached hydrogens (tertiary/aromatic N) is 1. The van der Waals surface area contributed by atoms with Crippen LogP contribution in [0, 0.1) is 5.92 Å². The summed E-state index contributed by atoms with van der Waals surface area (Å²) in [4.78, 5) is 4.42. The lowest BCUT2D eigenvalue weighted by Crippen LogP contribution is -2.39. The van der Waals surface area contributed by atoms with Crippen LogP contribution in [-0.4, -0.2) is 17.1 Å². The molecule has 0 amide bonds. The third-order valence-corrected chi connectivity index (χ3v) is 4.61. The highest BCUT2D eigenvalue weighted by atomic mass is 14.9. The van der Waals surface area contributed by atoms with Crippen LogP contribution in [-0.2, 0) is 0 Å². The molecule has 2 heteroatoms. The van der Waals surface area contributed by atoms with Crippen molar-refractivity contribution in [2.45, 2.75) is 51.5 Å². The van der Waals surface area contributed by atoms with Crippen LogP contribution < -0.4 is 5.32 Å². The highest BCUT2D eigenvalue weighted by Gasteiger charge is 2.29. The molecule has 0 bridgehead atoms. The Bertz CT molecular complexity index is 612. The first-order valence-electron chi connectivity index (χ1n) is 8.13. The normalized spacial score (nSPS) is 22.8. The van der Waals surface area contributed by atoms with Gasteiger partial charge in [-0.25, -0.2) is 0 Å². The van der Waals surface area contributed by atoms with E-state index >= 15 is 0 Å². The average molecular weight is 282 g/mol. The number of benzene rings is 1. The fourth-order valence-electron chi connectivity index (χ4n) is 3.48. The van der Waals surface area contributed by atoms with Gasteiger partial charge in [-0.3, -0.25) is 4.98 Å². The molecule has 1 aromatic heterocycles. The van der Waals surface area contributed by atoms with Crippen molar-refractivity contribution in [2.24, 2.45) is 5.92 Å². The minimum atomic E-state index is 0.209.